The molecular formula is C25H44S. The van der Waals surface area contributed by atoms with Crippen LogP contribution in [0.25, 0.3) is 0 Å². The van der Waals surface area contributed by atoms with E-state index >= 15 is 0 Å². The molecular weight excluding hydrogens is 332 g/mol. The minimum atomic E-state index is 0.727. The highest BCUT2D eigenvalue weighted by Crippen LogP contribution is 2.18. The molecule has 1 aromatic carbocycles. The Bertz CT molecular complexity index is 449. The van der Waals surface area contributed by atoms with Crippen LogP contribution in [0.4, 0.5) is 0 Å². The molecule has 0 aromatic heterocycles. The van der Waals surface area contributed by atoms with Gasteiger partial charge in [-0.1, -0.05) is 110 Å². The van der Waals surface area contributed by atoms with Gasteiger partial charge < -0.3 is 0 Å². The third-order valence-electron chi connectivity index (χ3n) is 5.26. The highest BCUT2D eigenvalue weighted by molar-refractivity contribution is 7.79. The largest absolute Gasteiger partial charge is 0.175 e. The minimum Gasteiger partial charge on any atom is -0.175 e. The molecule has 0 amide bonds. The Labute approximate surface area is 170 Å². The van der Waals surface area contributed by atoms with Gasteiger partial charge in [0.05, 0.1) is 0 Å². The molecule has 0 atom stereocenters. The van der Waals surface area contributed by atoms with Crippen LogP contribution in [-0.4, -0.2) is 0 Å². The Morgan fingerprint density at radius 2 is 1.12 bits per heavy atom. The van der Waals surface area contributed by atoms with Crippen molar-refractivity contribution >= 4 is 12.6 Å². The maximum Gasteiger partial charge on any atom is 0.0154 e. The van der Waals surface area contributed by atoms with E-state index in [1.165, 1.54) is 107 Å². The topological polar surface area (TPSA) is 0 Å². The summed E-state index contributed by atoms with van der Waals surface area (Å²) in [7, 11) is 0. The monoisotopic (exact) mass is 376 g/mol. The van der Waals surface area contributed by atoms with E-state index in [2.05, 4.69) is 51.6 Å². The van der Waals surface area contributed by atoms with Crippen molar-refractivity contribution in [3.05, 3.63) is 34.9 Å². The molecule has 1 heteroatoms. The zero-order chi connectivity index (χ0) is 19.0. The average molecular weight is 377 g/mol. The van der Waals surface area contributed by atoms with E-state index in [-0.39, 0.29) is 0 Å². The van der Waals surface area contributed by atoms with Gasteiger partial charge in [0.25, 0.3) is 0 Å². The van der Waals surface area contributed by atoms with Gasteiger partial charge >= 0.3 is 0 Å². The first-order valence-corrected chi connectivity index (χ1v) is 12.0. The molecule has 26 heavy (non-hydrogen) atoms. The first-order valence-electron chi connectivity index (χ1n) is 11.4. The summed E-state index contributed by atoms with van der Waals surface area (Å²) >= 11 is 4.48. The van der Waals surface area contributed by atoms with E-state index in [1.54, 1.807) is 0 Å². The average Bonchev–Trinajstić information content (AvgIpc) is 2.62. The fraction of sp³-hybridized carbons (Fsp3) is 0.760. The smallest absolute Gasteiger partial charge is 0.0154 e. The molecule has 0 saturated heterocycles. The summed E-state index contributed by atoms with van der Waals surface area (Å²) in [4.78, 5) is 0. The molecule has 150 valence electrons. The third kappa shape index (κ3) is 12.0. The molecule has 0 spiro atoms. The van der Waals surface area contributed by atoms with Gasteiger partial charge in [-0.15, -0.1) is 0 Å². The van der Waals surface area contributed by atoms with Crippen LogP contribution in [0.3, 0.4) is 0 Å². The Hall–Kier alpha value is -0.430. The normalized spacial score (nSPS) is 11.4. The zero-order valence-corrected chi connectivity index (χ0v) is 18.8. The highest BCUT2D eigenvalue weighted by atomic mass is 32.1. The first kappa shape index (κ1) is 23.6. The summed E-state index contributed by atoms with van der Waals surface area (Å²) < 4.78 is 0. The molecule has 0 bridgehead atoms. The fourth-order valence-corrected chi connectivity index (χ4v) is 4.02. The van der Waals surface area contributed by atoms with Crippen LogP contribution in [0.1, 0.15) is 115 Å². The van der Waals surface area contributed by atoms with Crippen molar-refractivity contribution in [1.29, 1.82) is 0 Å². The lowest BCUT2D eigenvalue weighted by atomic mass is 9.96. The summed E-state index contributed by atoms with van der Waals surface area (Å²) in [5.41, 5.74) is 4.42. The number of unbranched alkanes of at least 4 members (excludes halogenated alkanes) is 11. The van der Waals surface area contributed by atoms with Gasteiger partial charge in [0.1, 0.15) is 0 Å². The van der Waals surface area contributed by atoms with Gasteiger partial charge in [-0.2, -0.15) is 12.6 Å². The number of benzene rings is 1. The summed E-state index contributed by atoms with van der Waals surface area (Å²) in [5, 5.41) is 0. The SMILES string of the molecule is CCCCCCCCCCCCCCc1cc(CS)cc(CC(C)C)c1. The van der Waals surface area contributed by atoms with Crippen LogP contribution >= 0.6 is 12.6 Å². The molecule has 0 N–H and O–H groups in total. The van der Waals surface area contributed by atoms with Crippen LogP contribution < -0.4 is 0 Å². The molecule has 0 heterocycles. The number of hydrogen-bond acceptors (Lipinski definition) is 1. The van der Waals surface area contributed by atoms with Crippen LogP contribution in [0.15, 0.2) is 18.2 Å². The fourth-order valence-electron chi connectivity index (χ4n) is 3.83. The van der Waals surface area contributed by atoms with Crippen molar-refractivity contribution in [1.82, 2.24) is 0 Å². The van der Waals surface area contributed by atoms with E-state index in [9.17, 15) is 0 Å². The lowest BCUT2D eigenvalue weighted by Gasteiger charge is -2.11. The first-order chi connectivity index (χ1) is 12.7. The molecule has 0 unspecified atom stereocenters. The van der Waals surface area contributed by atoms with Crippen molar-refractivity contribution in [3.63, 3.8) is 0 Å². The Balaban J connectivity index is 2.10. The van der Waals surface area contributed by atoms with Crippen molar-refractivity contribution in [2.45, 2.75) is 116 Å². The molecule has 1 rings (SSSR count). The number of thiol groups is 1. The lowest BCUT2D eigenvalue weighted by molar-refractivity contribution is 0.544. The third-order valence-corrected chi connectivity index (χ3v) is 5.62. The van der Waals surface area contributed by atoms with E-state index < -0.39 is 0 Å². The van der Waals surface area contributed by atoms with Crippen LogP contribution in [-0.2, 0) is 18.6 Å². The quantitative estimate of drug-likeness (QED) is 0.217. The van der Waals surface area contributed by atoms with Gasteiger partial charge in [-0.25, -0.2) is 0 Å². The van der Waals surface area contributed by atoms with E-state index in [0.717, 1.165) is 11.7 Å². The van der Waals surface area contributed by atoms with Crippen molar-refractivity contribution in [3.8, 4) is 0 Å². The second kappa shape index (κ2) is 15.6. The predicted octanol–water partition coefficient (Wildman–Crippen LogP) is 8.56. The molecule has 0 fully saturated rings. The minimum absolute atomic E-state index is 0.727. The molecule has 0 saturated carbocycles. The second-order valence-corrected chi connectivity index (χ2v) is 8.87. The highest BCUT2D eigenvalue weighted by Gasteiger charge is 2.03. The van der Waals surface area contributed by atoms with Crippen LogP contribution in [0.5, 0.6) is 0 Å². The number of hydrogen-bond donors (Lipinski definition) is 1. The van der Waals surface area contributed by atoms with Crippen molar-refractivity contribution < 1.29 is 0 Å². The summed E-state index contributed by atoms with van der Waals surface area (Å²) in [6.07, 6.45) is 19.5. The number of aryl methyl sites for hydroxylation is 1. The van der Waals surface area contributed by atoms with Crippen LogP contribution in [0.2, 0.25) is 0 Å². The van der Waals surface area contributed by atoms with Gasteiger partial charge in [-0.05, 0) is 41.9 Å². The zero-order valence-electron chi connectivity index (χ0n) is 17.9. The van der Waals surface area contributed by atoms with Gasteiger partial charge in [-0.3, -0.25) is 0 Å². The lowest BCUT2D eigenvalue weighted by Crippen LogP contribution is -1.98. The predicted molar refractivity (Wildman–Crippen MR) is 122 cm³/mol. The Kier molecular flexibility index (Phi) is 14.2. The molecule has 1 aromatic rings. The Morgan fingerprint density at radius 3 is 1.62 bits per heavy atom. The van der Waals surface area contributed by atoms with Crippen LogP contribution in [0, 0.1) is 5.92 Å². The molecule has 0 radical (unpaired) electrons. The summed E-state index contributed by atoms with van der Waals surface area (Å²) in [6, 6.07) is 7.15. The molecule has 0 aliphatic rings. The standard InChI is InChI=1S/C25H44S/c1-4-5-6-7-8-9-10-11-12-13-14-15-16-23-18-24(17-22(2)3)20-25(19-23)21-26/h18-20,22,26H,4-17,21H2,1-3H3. The number of rotatable bonds is 16. The Morgan fingerprint density at radius 1 is 0.654 bits per heavy atom. The maximum absolute atomic E-state index is 4.48. The van der Waals surface area contributed by atoms with Gasteiger partial charge in [0.2, 0.25) is 0 Å². The van der Waals surface area contributed by atoms with E-state index in [1.807, 2.05) is 0 Å². The van der Waals surface area contributed by atoms with Crippen molar-refractivity contribution in [2.24, 2.45) is 5.92 Å². The molecule has 0 aliphatic carbocycles. The summed E-state index contributed by atoms with van der Waals surface area (Å²) in [5.74, 6) is 1.59. The molecule has 0 aliphatic heterocycles. The van der Waals surface area contributed by atoms with E-state index in [4.69, 9.17) is 0 Å². The van der Waals surface area contributed by atoms with Crippen molar-refractivity contribution in [2.75, 3.05) is 0 Å². The van der Waals surface area contributed by atoms with E-state index in [0.29, 0.717) is 0 Å². The summed E-state index contributed by atoms with van der Waals surface area (Å²) in [6.45, 7) is 6.90. The molecule has 0 nitrogen and oxygen atoms in total. The van der Waals surface area contributed by atoms with Gasteiger partial charge in [0.15, 0.2) is 0 Å². The maximum atomic E-state index is 4.48. The second-order valence-electron chi connectivity index (χ2n) is 8.55. The van der Waals surface area contributed by atoms with Gasteiger partial charge in [0, 0.05) is 5.75 Å².